The van der Waals surface area contributed by atoms with Crippen molar-refractivity contribution in [1.82, 2.24) is 9.55 Å². The summed E-state index contributed by atoms with van der Waals surface area (Å²) in [6.45, 7) is 0. The molecule has 1 heterocycles. The van der Waals surface area contributed by atoms with Crippen LogP contribution in [0.5, 0.6) is 0 Å². The van der Waals surface area contributed by atoms with Crippen LogP contribution in [-0.2, 0) is 0 Å². The molecule has 2 saturated carbocycles. The minimum Gasteiger partial charge on any atom is -0.327 e. The van der Waals surface area contributed by atoms with Gasteiger partial charge in [0.1, 0.15) is 5.82 Å². The standard InChI is InChI=1S/C15H19N3/c16-12-5-3-4-11(12)15-17-13-6-1-2-7-14(13)18(15)10-8-9-10/h1-2,6-7,10-12H,3-5,8-9,16H2. The van der Waals surface area contributed by atoms with Gasteiger partial charge in [-0.2, -0.15) is 0 Å². The first-order valence-electron chi connectivity index (χ1n) is 7.07. The quantitative estimate of drug-likeness (QED) is 0.878. The summed E-state index contributed by atoms with van der Waals surface area (Å²) >= 11 is 0. The van der Waals surface area contributed by atoms with E-state index in [0.717, 1.165) is 11.9 Å². The Morgan fingerprint density at radius 2 is 1.94 bits per heavy atom. The Labute approximate surface area is 107 Å². The summed E-state index contributed by atoms with van der Waals surface area (Å²) in [5.74, 6) is 1.72. The van der Waals surface area contributed by atoms with Gasteiger partial charge in [0.25, 0.3) is 0 Å². The lowest BCUT2D eigenvalue weighted by Gasteiger charge is -2.17. The number of para-hydroxylation sites is 2. The molecule has 3 heteroatoms. The van der Waals surface area contributed by atoms with Crippen molar-refractivity contribution in [3.05, 3.63) is 30.1 Å². The zero-order chi connectivity index (χ0) is 12.1. The predicted octanol–water partition coefficient (Wildman–Crippen LogP) is 2.97. The van der Waals surface area contributed by atoms with Gasteiger partial charge >= 0.3 is 0 Å². The van der Waals surface area contributed by atoms with E-state index in [4.69, 9.17) is 10.7 Å². The van der Waals surface area contributed by atoms with Crippen LogP contribution in [0.3, 0.4) is 0 Å². The molecular formula is C15H19N3. The summed E-state index contributed by atoms with van der Waals surface area (Å²) in [5, 5.41) is 0. The third kappa shape index (κ3) is 1.50. The molecule has 2 aliphatic rings. The van der Waals surface area contributed by atoms with Gasteiger partial charge < -0.3 is 10.3 Å². The molecule has 94 valence electrons. The first-order chi connectivity index (χ1) is 8.84. The van der Waals surface area contributed by atoms with Gasteiger partial charge in [0.05, 0.1) is 11.0 Å². The maximum absolute atomic E-state index is 6.27. The molecule has 2 N–H and O–H groups in total. The lowest BCUT2D eigenvalue weighted by atomic mass is 10.0. The number of nitrogens with zero attached hydrogens (tertiary/aromatic N) is 2. The molecule has 2 fully saturated rings. The molecule has 1 aromatic heterocycles. The lowest BCUT2D eigenvalue weighted by molar-refractivity contribution is 0.546. The molecular weight excluding hydrogens is 222 g/mol. The Bertz CT molecular complexity index is 582. The van der Waals surface area contributed by atoms with E-state index >= 15 is 0 Å². The lowest BCUT2D eigenvalue weighted by Crippen LogP contribution is -2.25. The monoisotopic (exact) mass is 241 g/mol. The Morgan fingerprint density at radius 3 is 2.67 bits per heavy atom. The van der Waals surface area contributed by atoms with Crippen LogP contribution < -0.4 is 5.73 Å². The number of fused-ring (bicyclic) bond motifs is 1. The van der Waals surface area contributed by atoms with Crippen molar-refractivity contribution in [1.29, 1.82) is 0 Å². The summed E-state index contributed by atoms with van der Waals surface area (Å²) in [6, 6.07) is 9.49. The maximum Gasteiger partial charge on any atom is 0.114 e. The van der Waals surface area contributed by atoms with Crippen LogP contribution >= 0.6 is 0 Å². The van der Waals surface area contributed by atoms with Crippen LogP contribution in [0.4, 0.5) is 0 Å². The fourth-order valence-electron chi connectivity index (χ4n) is 3.35. The smallest absolute Gasteiger partial charge is 0.114 e. The highest BCUT2D eigenvalue weighted by molar-refractivity contribution is 5.76. The van der Waals surface area contributed by atoms with Gasteiger partial charge in [-0.1, -0.05) is 18.6 Å². The van der Waals surface area contributed by atoms with Crippen LogP contribution in [0.1, 0.15) is 49.9 Å². The minimum absolute atomic E-state index is 0.305. The molecule has 0 radical (unpaired) electrons. The Balaban J connectivity index is 1.90. The van der Waals surface area contributed by atoms with Crippen molar-refractivity contribution in [2.24, 2.45) is 5.73 Å². The van der Waals surface area contributed by atoms with Gasteiger partial charge in [0.2, 0.25) is 0 Å². The van der Waals surface area contributed by atoms with Crippen LogP contribution in [0.25, 0.3) is 11.0 Å². The molecule has 2 aromatic rings. The molecule has 2 atom stereocenters. The zero-order valence-corrected chi connectivity index (χ0v) is 10.5. The highest BCUT2D eigenvalue weighted by atomic mass is 15.1. The maximum atomic E-state index is 6.27. The second-order valence-electron chi connectivity index (χ2n) is 5.76. The van der Waals surface area contributed by atoms with E-state index in [2.05, 4.69) is 28.8 Å². The fourth-order valence-corrected chi connectivity index (χ4v) is 3.35. The highest BCUT2D eigenvalue weighted by Crippen LogP contribution is 2.43. The Kier molecular flexibility index (Phi) is 2.24. The SMILES string of the molecule is NC1CCCC1c1nc2ccccc2n1C1CC1. The van der Waals surface area contributed by atoms with Crippen molar-refractivity contribution < 1.29 is 0 Å². The van der Waals surface area contributed by atoms with Gasteiger partial charge in [-0.25, -0.2) is 4.98 Å². The van der Waals surface area contributed by atoms with Crippen LogP contribution in [-0.4, -0.2) is 15.6 Å². The normalized spacial score (nSPS) is 28.1. The molecule has 0 bridgehead atoms. The topological polar surface area (TPSA) is 43.8 Å². The van der Waals surface area contributed by atoms with Crippen molar-refractivity contribution >= 4 is 11.0 Å². The summed E-state index contributed by atoms with van der Waals surface area (Å²) in [4.78, 5) is 4.89. The summed E-state index contributed by atoms with van der Waals surface area (Å²) in [6.07, 6.45) is 6.21. The summed E-state index contributed by atoms with van der Waals surface area (Å²) in [5.41, 5.74) is 8.71. The number of benzene rings is 1. The molecule has 0 spiro atoms. The van der Waals surface area contributed by atoms with Gasteiger partial charge in [-0.05, 0) is 37.8 Å². The van der Waals surface area contributed by atoms with E-state index in [-0.39, 0.29) is 0 Å². The molecule has 4 rings (SSSR count). The van der Waals surface area contributed by atoms with Crippen LogP contribution in [0.15, 0.2) is 24.3 Å². The average Bonchev–Trinajstić information content (AvgIpc) is 3.01. The van der Waals surface area contributed by atoms with Gasteiger partial charge in [-0.15, -0.1) is 0 Å². The minimum atomic E-state index is 0.305. The number of nitrogens with two attached hydrogens (primary N) is 1. The highest BCUT2D eigenvalue weighted by Gasteiger charge is 2.34. The van der Waals surface area contributed by atoms with Gasteiger partial charge in [0, 0.05) is 18.0 Å². The van der Waals surface area contributed by atoms with E-state index in [1.807, 2.05) is 0 Å². The third-order valence-corrected chi connectivity index (χ3v) is 4.44. The number of aromatic nitrogens is 2. The molecule has 1 aromatic carbocycles. The van der Waals surface area contributed by atoms with Crippen LogP contribution in [0, 0.1) is 0 Å². The largest absolute Gasteiger partial charge is 0.327 e. The first-order valence-corrected chi connectivity index (χ1v) is 7.07. The second kappa shape index (κ2) is 3.82. The number of hydrogen-bond acceptors (Lipinski definition) is 2. The van der Waals surface area contributed by atoms with Crippen molar-refractivity contribution in [3.8, 4) is 0 Å². The van der Waals surface area contributed by atoms with E-state index in [9.17, 15) is 0 Å². The van der Waals surface area contributed by atoms with E-state index in [0.29, 0.717) is 18.0 Å². The van der Waals surface area contributed by atoms with Gasteiger partial charge in [-0.3, -0.25) is 0 Å². The molecule has 3 nitrogen and oxygen atoms in total. The molecule has 0 saturated heterocycles. The predicted molar refractivity (Wildman–Crippen MR) is 72.6 cm³/mol. The Morgan fingerprint density at radius 1 is 1.11 bits per heavy atom. The second-order valence-corrected chi connectivity index (χ2v) is 5.76. The van der Waals surface area contributed by atoms with E-state index in [1.165, 1.54) is 37.0 Å². The number of rotatable bonds is 2. The zero-order valence-electron chi connectivity index (χ0n) is 10.5. The third-order valence-electron chi connectivity index (χ3n) is 4.44. The van der Waals surface area contributed by atoms with E-state index in [1.54, 1.807) is 0 Å². The van der Waals surface area contributed by atoms with Gasteiger partial charge in [0.15, 0.2) is 0 Å². The fraction of sp³-hybridized carbons (Fsp3) is 0.533. The molecule has 2 aliphatic carbocycles. The number of hydrogen-bond donors (Lipinski definition) is 1. The van der Waals surface area contributed by atoms with Crippen molar-refractivity contribution in [2.45, 2.75) is 50.1 Å². The molecule has 0 aliphatic heterocycles. The van der Waals surface area contributed by atoms with Crippen LogP contribution in [0.2, 0.25) is 0 Å². The molecule has 2 unspecified atom stereocenters. The molecule has 18 heavy (non-hydrogen) atoms. The molecule has 0 amide bonds. The van der Waals surface area contributed by atoms with Crippen molar-refractivity contribution in [2.75, 3.05) is 0 Å². The summed E-state index contributed by atoms with van der Waals surface area (Å²) < 4.78 is 2.48. The van der Waals surface area contributed by atoms with Crippen molar-refractivity contribution in [3.63, 3.8) is 0 Å². The average molecular weight is 241 g/mol. The van der Waals surface area contributed by atoms with E-state index < -0.39 is 0 Å². The Hall–Kier alpha value is -1.35. The first kappa shape index (κ1) is 10.6. The number of imidazole rings is 1. The summed E-state index contributed by atoms with van der Waals surface area (Å²) in [7, 11) is 0.